The predicted molar refractivity (Wildman–Crippen MR) is 162 cm³/mol. The van der Waals surface area contributed by atoms with Crippen molar-refractivity contribution in [1.82, 2.24) is 10.2 Å². The Balaban J connectivity index is 1.86. The second-order valence-electron chi connectivity index (χ2n) is 10.3. The molecule has 0 heterocycles. The minimum absolute atomic E-state index is 0.0786. The molecule has 2 amide bonds. The van der Waals surface area contributed by atoms with Crippen molar-refractivity contribution in [1.29, 1.82) is 0 Å². The first-order valence-electron chi connectivity index (χ1n) is 13.4. The van der Waals surface area contributed by atoms with E-state index in [0.717, 1.165) is 17.4 Å². The number of nitrogens with one attached hydrogen (secondary N) is 1. The van der Waals surface area contributed by atoms with Gasteiger partial charge in [-0.15, -0.1) is 0 Å². The SMILES string of the molecule is CC(C)CNC(=O)[C@@H](Cc1ccccc1)N(Cc1ccc(Cl)cc1)C(=O)CCCN(c1ccccc1)S(C)(=O)=O. The molecule has 3 aromatic carbocycles. The standard InChI is InChI=1S/C31H38ClN3O4S/c1-24(2)22-33-31(37)29(21-25-11-6-4-7-12-25)34(23-26-16-18-27(32)19-17-26)30(36)15-10-20-35(40(3,38)39)28-13-8-5-9-14-28/h4-9,11-14,16-19,24,29H,10,15,20-23H2,1-3H3,(H,33,37)/t29-/m1/s1. The first-order chi connectivity index (χ1) is 19.0. The first-order valence-corrected chi connectivity index (χ1v) is 15.7. The third-order valence-electron chi connectivity index (χ3n) is 6.42. The summed E-state index contributed by atoms with van der Waals surface area (Å²) >= 11 is 6.09. The molecule has 0 aromatic heterocycles. The Hall–Kier alpha value is -3.36. The van der Waals surface area contributed by atoms with E-state index < -0.39 is 16.1 Å². The maximum absolute atomic E-state index is 13.8. The molecule has 214 valence electrons. The molecule has 0 saturated carbocycles. The molecule has 40 heavy (non-hydrogen) atoms. The number of benzene rings is 3. The first kappa shape index (κ1) is 31.2. The van der Waals surface area contributed by atoms with Crippen LogP contribution in [0.1, 0.15) is 37.8 Å². The summed E-state index contributed by atoms with van der Waals surface area (Å²) in [6.45, 7) is 4.89. The van der Waals surface area contributed by atoms with Crippen molar-refractivity contribution in [3.8, 4) is 0 Å². The van der Waals surface area contributed by atoms with Gasteiger partial charge in [0, 0.05) is 37.5 Å². The second-order valence-corrected chi connectivity index (χ2v) is 12.6. The summed E-state index contributed by atoms with van der Waals surface area (Å²) in [5, 5.41) is 3.59. The molecule has 0 unspecified atom stereocenters. The van der Waals surface area contributed by atoms with Crippen molar-refractivity contribution >= 4 is 39.1 Å². The lowest BCUT2D eigenvalue weighted by molar-refractivity contribution is -0.141. The van der Waals surface area contributed by atoms with Gasteiger partial charge in [-0.25, -0.2) is 8.42 Å². The minimum atomic E-state index is -3.54. The van der Waals surface area contributed by atoms with Gasteiger partial charge in [-0.3, -0.25) is 13.9 Å². The van der Waals surface area contributed by atoms with Crippen LogP contribution in [-0.4, -0.2) is 50.5 Å². The Bertz CT molecular complexity index is 1330. The molecule has 3 rings (SSSR count). The van der Waals surface area contributed by atoms with Crippen LogP contribution in [0.4, 0.5) is 5.69 Å². The lowest BCUT2D eigenvalue weighted by Gasteiger charge is -2.32. The van der Waals surface area contributed by atoms with E-state index in [-0.39, 0.29) is 37.2 Å². The minimum Gasteiger partial charge on any atom is -0.354 e. The van der Waals surface area contributed by atoms with Crippen LogP contribution in [-0.2, 0) is 32.6 Å². The number of carbonyl (C=O) groups is 2. The van der Waals surface area contributed by atoms with Crippen LogP contribution in [0, 0.1) is 5.92 Å². The molecule has 0 bridgehead atoms. The van der Waals surface area contributed by atoms with Gasteiger partial charge >= 0.3 is 0 Å². The largest absolute Gasteiger partial charge is 0.354 e. The Kier molecular flexibility index (Phi) is 11.6. The van der Waals surface area contributed by atoms with Gasteiger partial charge < -0.3 is 10.2 Å². The Morgan fingerprint density at radius 2 is 1.48 bits per heavy atom. The van der Waals surface area contributed by atoms with Crippen LogP contribution in [0.15, 0.2) is 84.9 Å². The number of hydrogen-bond acceptors (Lipinski definition) is 4. The van der Waals surface area contributed by atoms with Gasteiger partial charge in [0.2, 0.25) is 21.8 Å². The zero-order valence-corrected chi connectivity index (χ0v) is 24.9. The van der Waals surface area contributed by atoms with Gasteiger partial charge in [0.15, 0.2) is 0 Å². The van der Waals surface area contributed by atoms with E-state index in [4.69, 9.17) is 11.6 Å². The highest BCUT2D eigenvalue weighted by Crippen LogP contribution is 2.20. The third-order valence-corrected chi connectivity index (χ3v) is 7.86. The zero-order valence-electron chi connectivity index (χ0n) is 23.3. The Morgan fingerprint density at radius 1 is 0.875 bits per heavy atom. The van der Waals surface area contributed by atoms with Gasteiger partial charge in [-0.2, -0.15) is 0 Å². The topological polar surface area (TPSA) is 86.8 Å². The molecule has 0 fully saturated rings. The van der Waals surface area contributed by atoms with Gasteiger partial charge in [0.1, 0.15) is 6.04 Å². The number of anilines is 1. The quantitative estimate of drug-likeness (QED) is 0.279. The van der Waals surface area contributed by atoms with Crippen LogP contribution in [0.3, 0.4) is 0 Å². The fourth-order valence-corrected chi connectivity index (χ4v) is 5.45. The molecule has 0 saturated heterocycles. The van der Waals surface area contributed by atoms with Gasteiger partial charge in [-0.1, -0.05) is 86.1 Å². The summed E-state index contributed by atoms with van der Waals surface area (Å²) in [6, 6.07) is 24.9. The zero-order chi connectivity index (χ0) is 29.1. The number of amides is 2. The average Bonchev–Trinajstić information content (AvgIpc) is 2.93. The summed E-state index contributed by atoms with van der Waals surface area (Å²) in [5.74, 6) is -0.194. The lowest BCUT2D eigenvalue weighted by Crippen LogP contribution is -2.51. The third kappa shape index (κ3) is 9.68. The normalized spacial score (nSPS) is 12.1. The van der Waals surface area contributed by atoms with Crippen molar-refractivity contribution < 1.29 is 18.0 Å². The van der Waals surface area contributed by atoms with Crippen LogP contribution in [0.2, 0.25) is 5.02 Å². The highest BCUT2D eigenvalue weighted by molar-refractivity contribution is 7.92. The Morgan fingerprint density at radius 3 is 2.05 bits per heavy atom. The van der Waals surface area contributed by atoms with Crippen LogP contribution < -0.4 is 9.62 Å². The molecule has 1 atom stereocenters. The highest BCUT2D eigenvalue weighted by Gasteiger charge is 2.30. The number of para-hydroxylation sites is 1. The van der Waals surface area contributed by atoms with Crippen molar-refractivity contribution in [3.63, 3.8) is 0 Å². The van der Waals surface area contributed by atoms with E-state index in [1.54, 1.807) is 41.3 Å². The monoisotopic (exact) mass is 583 g/mol. The molecule has 3 aromatic rings. The van der Waals surface area contributed by atoms with Gasteiger partial charge in [-0.05, 0) is 47.7 Å². The van der Waals surface area contributed by atoms with Gasteiger partial charge in [0.05, 0.1) is 11.9 Å². The van der Waals surface area contributed by atoms with Gasteiger partial charge in [0.25, 0.3) is 0 Å². The smallest absolute Gasteiger partial charge is 0.243 e. The summed E-state index contributed by atoms with van der Waals surface area (Å²) in [7, 11) is -3.54. The summed E-state index contributed by atoms with van der Waals surface area (Å²) in [5.41, 5.74) is 2.33. The molecule has 7 nitrogen and oxygen atoms in total. The Labute approximate surface area is 243 Å². The van der Waals surface area contributed by atoms with E-state index in [9.17, 15) is 18.0 Å². The van der Waals surface area contributed by atoms with E-state index >= 15 is 0 Å². The fourth-order valence-electron chi connectivity index (χ4n) is 4.36. The predicted octanol–water partition coefficient (Wildman–Crippen LogP) is 5.30. The highest BCUT2D eigenvalue weighted by atomic mass is 35.5. The number of rotatable bonds is 14. The molecular weight excluding hydrogens is 546 g/mol. The number of hydrogen-bond donors (Lipinski definition) is 1. The molecule has 1 N–H and O–H groups in total. The second kappa shape index (κ2) is 14.9. The molecule has 9 heteroatoms. The van der Waals surface area contributed by atoms with E-state index in [0.29, 0.717) is 30.1 Å². The number of nitrogens with zero attached hydrogens (tertiary/aromatic N) is 2. The van der Waals surface area contributed by atoms with Crippen molar-refractivity contribution in [3.05, 3.63) is 101 Å². The average molecular weight is 584 g/mol. The molecule has 0 aliphatic rings. The lowest BCUT2D eigenvalue weighted by atomic mass is 10.0. The summed E-state index contributed by atoms with van der Waals surface area (Å²) in [6.07, 6.45) is 1.88. The van der Waals surface area contributed by atoms with Crippen molar-refractivity contribution in [2.45, 2.75) is 45.7 Å². The number of carbonyl (C=O) groups excluding carboxylic acids is 2. The molecule has 0 radical (unpaired) electrons. The van der Waals surface area contributed by atoms with Crippen molar-refractivity contribution in [2.75, 3.05) is 23.7 Å². The maximum Gasteiger partial charge on any atom is 0.243 e. The maximum atomic E-state index is 13.8. The summed E-state index contributed by atoms with van der Waals surface area (Å²) < 4.78 is 26.3. The molecular formula is C31H38ClN3O4S. The summed E-state index contributed by atoms with van der Waals surface area (Å²) in [4.78, 5) is 28.9. The van der Waals surface area contributed by atoms with Crippen molar-refractivity contribution in [2.24, 2.45) is 5.92 Å². The van der Waals surface area contributed by atoms with E-state index in [1.807, 2.05) is 62.4 Å². The van der Waals surface area contributed by atoms with E-state index in [2.05, 4.69) is 5.32 Å². The van der Waals surface area contributed by atoms with Crippen LogP contribution in [0.25, 0.3) is 0 Å². The fraction of sp³-hybridized carbons (Fsp3) is 0.355. The molecule has 0 aliphatic heterocycles. The van der Waals surface area contributed by atoms with E-state index in [1.165, 1.54) is 4.31 Å². The number of halogens is 1. The van der Waals surface area contributed by atoms with Crippen LogP contribution >= 0.6 is 11.6 Å². The van der Waals surface area contributed by atoms with Crippen LogP contribution in [0.5, 0.6) is 0 Å². The number of sulfonamides is 1. The molecule has 0 spiro atoms. The molecule has 0 aliphatic carbocycles.